The number of carbonyl (C=O) groups excluding carboxylic acids is 1. The Kier molecular flexibility index (Phi) is 5.51. The third-order valence-electron chi connectivity index (χ3n) is 3.74. The molecule has 1 amide bonds. The van der Waals surface area contributed by atoms with Crippen LogP contribution >= 0.6 is 0 Å². The highest BCUT2D eigenvalue weighted by Gasteiger charge is 2.30. The predicted molar refractivity (Wildman–Crippen MR) is 81.3 cm³/mol. The number of β-amino-alcohol motifs (C(OH)–C–C–N with tert-alkyl or cyclic N) is 1. The molecule has 0 aliphatic carbocycles. The molecule has 1 aromatic rings. The summed E-state index contributed by atoms with van der Waals surface area (Å²) in [7, 11) is 0. The van der Waals surface area contributed by atoms with Gasteiger partial charge in [0, 0.05) is 30.4 Å². The van der Waals surface area contributed by atoms with Crippen molar-refractivity contribution >= 4 is 11.6 Å². The van der Waals surface area contributed by atoms with Crippen LogP contribution in [0.2, 0.25) is 0 Å². The van der Waals surface area contributed by atoms with Crippen molar-refractivity contribution in [2.75, 3.05) is 18.4 Å². The molecule has 0 saturated carbocycles. The van der Waals surface area contributed by atoms with Gasteiger partial charge in [-0.1, -0.05) is 6.07 Å². The molecule has 0 spiro atoms. The van der Waals surface area contributed by atoms with Gasteiger partial charge in [-0.25, -0.2) is 0 Å². The smallest absolute Gasteiger partial charge is 0.391 e. The van der Waals surface area contributed by atoms with Gasteiger partial charge >= 0.3 is 6.18 Å². The molecule has 2 rings (SSSR count). The van der Waals surface area contributed by atoms with E-state index in [1.807, 2.05) is 0 Å². The third-order valence-corrected chi connectivity index (χ3v) is 3.74. The maximum Gasteiger partial charge on any atom is 0.391 e. The molecule has 1 aliphatic rings. The van der Waals surface area contributed by atoms with Gasteiger partial charge < -0.3 is 15.3 Å². The molecule has 0 aromatic heterocycles. The Bertz CT molecular complexity index is 548. The van der Waals surface area contributed by atoms with E-state index in [9.17, 15) is 23.1 Å². The number of alkyl halides is 3. The standard InChI is InChI=1S/C16H21F3N2O2/c1-11(9-16(17,18)19)20-13-5-2-4-12(8-13)15(23)21-7-3-6-14(22)10-21/h2,4-5,8,11,14,20,22H,3,6-7,9-10H2,1H3. The third kappa shape index (κ3) is 5.42. The van der Waals surface area contributed by atoms with Crippen LogP contribution in [-0.2, 0) is 0 Å². The highest BCUT2D eigenvalue weighted by Crippen LogP contribution is 2.24. The lowest BCUT2D eigenvalue weighted by molar-refractivity contribution is -0.136. The van der Waals surface area contributed by atoms with Gasteiger partial charge in [-0.2, -0.15) is 13.2 Å². The number of benzene rings is 1. The fourth-order valence-electron chi connectivity index (χ4n) is 2.75. The topological polar surface area (TPSA) is 52.6 Å². The highest BCUT2D eigenvalue weighted by molar-refractivity contribution is 5.95. The maximum absolute atomic E-state index is 12.4. The molecular weight excluding hydrogens is 309 g/mol. The number of aliphatic hydroxyl groups excluding tert-OH is 1. The molecule has 1 saturated heterocycles. The second-order valence-corrected chi connectivity index (χ2v) is 5.99. The summed E-state index contributed by atoms with van der Waals surface area (Å²) >= 11 is 0. The number of likely N-dealkylation sites (tertiary alicyclic amines) is 1. The molecule has 4 nitrogen and oxygen atoms in total. The zero-order chi connectivity index (χ0) is 17.0. The zero-order valence-corrected chi connectivity index (χ0v) is 12.9. The monoisotopic (exact) mass is 330 g/mol. The number of anilines is 1. The average Bonchev–Trinajstić information content (AvgIpc) is 2.44. The van der Waals surface area contributed by atoms with Crippen molar-refractivity contribution in [3.05, 3.63) is 29.8 Å². The predicted octanol–water partition coefficient (Wildman–Crippen LogP) is 3.04. The van der Waals surface area contributed by atoms with Crippen LogP contribution < -0.4 is 5.32 Å². The first-order chi connectivity index (χ1) is 10.7. The number of aliphatic hydroxyl groups is 1. The lowest BCUT2D eigenvalue weighted by Crippen LogP contribution is -2.42. The van der Waals surface area contributed by atoms with Gasteiger partial charge in [0.25, 0.3) is 5.91 Å². The van der Waals surface area contributed by atoms with E-state index in [4.69, 9.17) is 0 Å². The van der Waals surface area contributed by atoms with Crippen LogP contribution in [0.1, 0.15) is 36.5 Å². The summed E-state index contributed by atoms with van der Waals surface area (Å²) in [4.78, 5) is 14.0. The molecule has 1 fully saturated rings. The Morgan fingerprint density at radius 2 is 2.22 bits per heavy atom. The zero-order valence-electron chi connectivity index (χ0n) is 12.9. The van der Waals surface area contributed by atoms with Crippen LogP contribution in [0.4, 0.5) is 18.9 Å². The van der Waals surface area contributed by atoms with Crippen molar-refractivity contribution in [1.82, 2.24) is 4.90 Å². The average molecular weight is 330 g/mol. The van der Waals surface area contributed by atoms with Gasteiger partial charge in [-0.15, -0.1) is 0 Å². The van der Waals surface area contributed by atoms with Crippen LogP contribution in [-0.4, -0.2) is 47.3 Å². The van der Waals surface area contributed by atoms with Crippen molar-refractivity contribution in [2.45, 2.75) is 44.5 Å². The largest absolute Gasteiger partial charge is 0.391 e. The molecule has 23 heavy (non-hydrogen) atoms. The SMILES string of the molecule is CC(CC(F)(F)F)Nc1cccc(C(=O)N2CCCC(O)C2)c1. The summed E-state index contributed by atoms with van der Waals surface area (Å²) < 4.78 is 37.1. The number of rotatable bonds is 4. The van der Waals surface area contributed by atoms with E-state index in [2.05, 4.69) is 5.32 Å². The summed E-state index contributed by atoms with van der Waals surface area (Å²) in [5, 5.41) is 12.4. The first-order valence-corrected chi connectivity index (χ1v) is 7.65. The van der Waals surface area contributed by atoms with Crippen LogP contribution in [0, 0.1) is 0 Å². The molecule has 128 valence electrons. The molecule has 0 radical (unpaired) electrons. The molecule has 2 atom stereocenters. The summed E-state index contributed by atoms with van der Waals surface area (Å²) in [5.74, 6) is -0.212. The first-order valence-electron chi connectivity index (χ1n) is 7.65. The Balaban J connectivity index is 2.03. The highest BCUT2D eigenvalue weighted by atomic mass is 19.4. The molecule has 2 unspecified atom stereocenters. The number of piperidine rings is 1. The van der Waals surface area contributed by atoms with Crippen molar-refractivity contribution in [2.24, 2.45) is 0 Å². The van der Waals surface area contributed by atoms with Crippen molar-refractivity contribution in [1.29, 1.82) is 0 Å². The van der Waals surface area contributed by atoms with Gasteiger partial charge in [0.05, 0.1) is 12.5 Å². The van der Waals surface area contributed by atoms with E-state index in [0.717, 1.165) is 6.42 Å². The Labute approximate surface area is 133 Å². The number of hydrogen-bond donors (Lipinski definition) is 2. The summed E-state index contributed by atoms with van der Waals surface area (Å²) in [6.45, 7) is 2.32. The quantitative estimate of drug-likeness (QED) is 0.892. The van der Waals surface area contributed by atoms with E-state index >= 15 is 0 Å². The van der Waals surface area contributed by atoms with Gasteiger partial charge in [-0.05, 0) is 38.0 Å². The van der Waals surface area contributed by atoms with Crippen molar-refractivity contribution < 1.29 is 23.1 Å². The molecule has 7 heteroatoms. The van der Waals surface area contributed by atoms with E-state index in [0.29, 0.717) is 30.8 Å². The van der Waals surface area contributed by atoms with Crippen LogP contribution in [0.25, 0.3) is 0 Å². The number of hydrogen-bond acceptors (Lipinski definition) is 3. The van der Waals surface area contributed by atoms with Crippen molar-refractivity contribution in [3.8, 4) is 0 Å². The second-order valence-electron chi connectivity index (χ2n) is 5.99. The summed E-state index contributed by atoms with van der Waals surface area (Å²) in [6.07, 6.45) is -4.26. The minimum atomic E-state index is -4.23. The number of amides is 1. The molecule has 1 aromatic carbocycles. The normalized spacial score (nSPS) is 20.2. The lowest BCUT2D eigenvalue weighted by Gasteiger charge is -2.30. The Morgan fingerprint density at radius 3 is 2.87 bits per heavy atom. The summed E-state index contributed by atoms with van der Waals surface area (Å²) in [6, 6.07) is 5.67. The molecule has 1 aliphatic heterocycles. The second kappa shape index (κ2) is 7.21. The van der Waals surface area contributed by atoms with Gasteiger partial charge in [0.1, 0.15) is 0 Å². The number of nitrogens with zero attached hydrogens (tertiary/aromatic N) is 1. The van der Waals surface area contributed by atoms with Gasteiger partial charge in [0.15, 0.2) is 0 Å². The minimum Gasteiger partial charge on any atom is -0.391 e. The first kappa shape index (κ1) is 17.6. The van der Waals surface area contributed by atoms with E-state index in [1.165, 1.54) is 6.92 Å². The van der Waals surface area contributed by atoms with Crippen LogP contribution in [0.3, 0.4) is 0 Å². The molecule has 2 N–H and O–H groups in total. The van der Waals surface area contributed by atoms with Crippen LogP contribution in [0.15, 0.2) is 24.3 Å². The fraction of sp³-hybridized carbons (Fsp3) is 0.562. The van der Waals surface area contributed by atoms with Gasteiger partial charge in [0.2, 0.25) is 0 Å². The molecule has 1 heterocycles. The lowest BCUT2D eigenvalue weighted by atomic mass is 10.1. The fourth-order valence-corrected chi connectivity index (χ4v) is 2.75. The number of nitrogens with one attached hydrogen (secondary N) is 1. The van der Waals surface area contributed by atoms with E-state index in [1.54, 1.807) is 29.2 Å². The number of carbonyl (C=O) groups is 1. The maximum atomic E-state index is 12.4. The molecule has 0 bridgehead atoms. The van der Waals surface area contributed by atoms with E-state index < -0.39 is 24.7 Å². The van der Waals surface area contributed by atoms with Gasteiger partial charge in [-0.3, -0.25) is 4.79 Å². The van der Waals surface area contributed by atoms with E-state index in [-0.39, 0.29) is 5.91 Å². The van der Waals surface area contributed by atoms with Crippen molar-refractivity contribution in [3.63, 3.8) is 0 Å². The number of halogens is 3. The molecular formula is C16H21F3N2O2. The van der Waals surface area contributed by atoms with Crippen LogP contribution in [0.5, 0.6) is 0 Å². The summed E-state index contributed by atoms with van der Waals surface area (Å²) in [5.41, 5.74) is 0.883. The minimum absolute atomic E-state index is 0.212. The Morgan fingerprint density at radius 1 is 1.48 bits per heavy atom. The Hall–Kier alpha value is -1.76.